The second kappa shape index (κ2) is 13.4. The first-order valence-electron chi connectivity index (χ1n) is 11.1. The minimum absolute atomic E-state index is 0.0691. The number of hydrogen-bond donors (Lipinski definition) is 1. The Labute approximate surface area is 171 Å². The van der Waals surface area contributed by atoms with Crippen LogP contribution in [0.4, 0.5) is 0 Å². The molecule has 28 heavy (non-hydrogen) atoms. The van der Waals surface area contributed by atoms with Crippen molar-refractivity contribution < 1.29 is 9.59 Å². The fraction of sp³-hybridized carbons (Fsp3) is 0.667. The summed E-state index contributed by atoms with van der Waals surface area (Å²) in [5.41, 5.74) is 6.26. The number of unbranched alkanes of at least 4 members (excludes halogenated alkanes) is 6. The quantitative estimate of drug-likeness (QED) is 0.400. The topological polar surface area (TPSA) is 63.4 Å². The van der Waals surface area contributed by atoms with E-state index < -0.39 is 5.91 Å². The summed E-state index contributed by atoms with van der Waals surface area (Å²) in [6.45, 7) is 8.69. The van der Waals surface area contributed by atoms with Crippen LogP contribution in [0.2, 0.25) is 0 Å². The van der Waals surface area contributed by atoms with Crippen LogP contribution >= 0.6 is 0 Å². The van der Waals surface area contributed by atoms with Crippen LogP contribution in [0.5, 0.6) is 0 Å². The molecule has 0 aromatic heterocycles. The van der Waals surface area contributed by atoms with Crippen LogP contribution < -0.4 is 5.73 Å². The SMILES string of the molecule is CCCCCCC(C)N(C(=O)c1ccccc1C(N)=O)C(C)CCCCCC. The smallest absolute Gasteiger partial charge is 0.255 e. The zero-order valence-corrected chi connectivity index (χ0v) is 18.4. The van der Waals surface area contributed by atoms with Crippen molar-refractivity contribution >= 4 is 11.8 Å². The minimum Gasteiger partial charge on any atom is -0.366 e. The summed E-state index contributed by atoms with van der Waals surface area (Å²) in [7, 11) is 0. The molecule has 0 spiro atoms. The lowest BCUT2D eigenvalue weighted by Gasteiger charge is -2.35. The number of carbonyl (C=O) groups is 2. The molecule has 0 saturated carbocycles. The van der Waals surface area contributed by atoms with Gasteiger partial charge in [-0.25, -0.2) is 0 Å². The third-order valence-corrected chi connectivity index (χ3v) is 5.56. The Kier molecular flexibility index (Phi) is 11.5. The first-order chi connectivity index (χ1) is 13.4. The van der Waals surface area contributed by atoms with E-state index in [-0.39, 0.29) is 18.0 Å². The Balaban J connectivity index is 2.98. The summed E-state index contributed by atoms with van der Waals surface area (Å²) < 4.78 is 0. The van der Waals surface area contributed by atoms with Gasteiger partial charge in [0.25, 0.3) is 5.91 Å². The predicted octanol–water partition coefficient (Wildman–Crippen LogP) is 5.95. The van der Waals surface area contributed by atoms with Gasteiger partial charge >= 0.3 is 0 Å². The van der Waals surface area contributed by atoms with Gasteiger partial charge in [-0.15, -0.1) is 0 Å². The Hall–Kier alpha value is -1.84. The van der Waals surface area contributed by atoms with Gasteiger partial charge in [-0.2, -0.15) is 0 Å². The highest BCUT2D eigenvalue weighted by Crippen LogP contribution is 2.22. The van der Waals surface area contributed by atoms with Crippen LogP contribution in [0.3, 0.4) is 0 Å². The number of benzene rings is 1. The molecule has 2 amide bonds. The summed E-state index contributed by atoms with van der Waals surface area (Å²) in [5, 5.41) is 0. The Morgan fingerprint density at radius 3 is 1.71 bits per heavy atom. The Bertz CT molecular complexity index is 582. The summed E-state index contributed by atoms with van der Waals surface area (Å²) in [6.07, 6.45) is 11.5. The zero-order chi connectivity index (χ0) is 20.9. The molecule has 0 bridgehead atoms. The normalized spacial score (nSPS) is 13.1. The molecule has 4 heteroatoms. The fourth-order valence-corrected chi connectivity index (χ4v) is 3.87. The van der Waals surface area contributed by atoms with Crippen molar-refractivity contribution in [3.63, 3.8) is 0 Å². The molecule has 0 fully saturated rings. The molecule has 2 atom stereocenters. The van der Waals surface area contributed by atoms with Gasteiger partial charge in [-0.1, -0.05) is 77.3 Å². The first-order valence-corrected chi connectivity index (χ1v) is 11.1. The summed E-state index contributed by atoms with van der Waals surface area (Å²) in [4.78, 5) is 27.3. The van der Waals surface area contributed by atoms with Crippen LogP contribution in [0, 0.1) is 0 Å². The second-order valence-electron chi connectivity index (χ2n) is 8.02. The van der Waals surface area contributed by atoms with Crippen molar-refractivity contribution in [1.29, 1.82) is 0 Å². The first kappa shape index (κ1) is 24.2. The molecule has 0 aliphatic carbocycles. The van der Waals surface area contributed by atoms with Crippen LogP contribution in [-0.2, 0) is 0 Å². The molecule has 2 unspecified atom stereocenters. The van der Waals surface area contributed by atoms with E-state index in [1.807, 2.05) is 4.90 Å². The van der Waals surface area contributed by atoms with Gasteiger partial charge in [0.2, 0.25) is 5.91 Å². The number of amides is 2. The van der Waals surface area contributed by atoms with Gasteiger partial charge in [-0.05, 0) is 38.8 Å². The molecule has 1 aromatic carbocycles. The van der Waals surface area contributed by atoms with Crippen molar-refractivity contribution in [1.82, 2.24) is 4.90 Å². The number of nitrogens with two attached hydrogens (primary N) is 1. The standard InChI is InChI=1S/C24H40N2O2/c1-5-7-9-11-15-19(3)26(20(4)16-12-10-8-6-2)24(28)22-18-14-13-17-21(22)23(25)27/h13-14,17-20H,5-12,15-16H2,1-4H3,(H2,25,27). The maximum Gasteiger partial charge on any atom is 0.255 e. The lowest BCUT2D eigenvalue weighted by Crippen LogP contribution is -2.45. The number of rotatable bonds is 14. The summed E-state index contributed by atoms with van der Waals surface area (Å²) in [6, 6.07) is 7.21. The average molecular weight is 389 g/mol. The van der Waals surface area contributed by atoms with E-state index in [4.69, 9.17) is 5.73 Å². The van der Waals surface area contributed by atoms with E-state index in [0.29, 0.717) is 11.1 Å². The van der Waals surface area contributed by atoms with Crippen molar-refractivity contribution in [2.75, 3.05) is 0 Å². The van der Waals surface area contributed by atoms with Gasteiger partial charge in [-0.3, -0.25) is 9.59 Å². The highest BCUT2D eigenvalue weighted by atomic mass is 16.2. The minimum atomic E-state index is -0.546. The Morgan fingerprint density at radius 1 is 0.821 bits per heavy atom. The van der Waals surface area contributed by atoms with Gasteiger partial charge in [0.15, 0.2) is 0 Å². The van der Waals surface area contributed by atoms with E-state index in [0.717, 1.165) is 25.7 Å². The third kappa shape index (κ3) is 7.65. The molecular formula is C24H40N2O2. The van der Waals surface area contributed by atoms with E-state index in [1.54, 1.807) is 24.3 Å². The molecule has 1 rings (SSSR count). The number of carbonyl (C=O) groups excluding carboxylic acids is 2. The maximum atomic E-state index is 13.4. The highest BCUT2D eigenvalue weighted by Gasteiger charge is 2.28. The van der Waals surface area contributed by atoms with Crippen molar-refractivity contribution in [2.45, 2.75) is 104 Å². The second-order valence-corrected chi connectivity index (χ2v) is 8.02. The number of hydrogen-bond acceptors (Lipinski definition) is 2. The van der Waals surface area contributed by atoms with Gasteiger partial charge < -0.3 is 10.6 Å². The average Bonchev–Trinajstić information content (AvgIpc) is 2.68. The molecule has 1 aromatic rings. The monoisotopic (exact) mass is 388 g/mol. The van der Waals surface area contributed by atoms with Gasteiger partial charge in [0, 0.05) is 12.1 Å². The molecular weight excluding hydrogens is 348 g/mol. The van der Waals surface area contributed by atoms with Crippen molar-refractivity contribution in [2.24, 2.45) is 5.73 Å². The number of primary amides is 1. The van der Waals surface area contributed by atoms with E-state index >= 15 is 0 Å². The van der Waals surface area contributed by atoms with Gasteiger partial charge in [0.1, 0.15) is 0 Å². The van der Waals surface area contributed by atoms with Gasteiger partial charge in [0.05, 0.1) is 11.1 Å². The van der Waals surface area contributed by atoms with Crippen LogP contribution in [-0.4, -0.2) is 28.8 Å². The van der Waals surface area contributed by atoms with E-state index in [9.17, 15) is 9.59 Å². The van der Waals surface area contributed by atoms with Crippen molar-refractivity contribution in [3.05, 3.63) is 35.4 Å². The van der Waals surface area contributed by atoms with Crippen LogP contribution in [0.25, 0.3) is 0 Å². The van der Waals surface area contributed by atoms with E-state index in [2.05, 4.69) is 27.7 Å². The molecule has 4 nitrogen and oxygen atoms in total. The lowest BCUT2D eigenvalue weighted by atomic mass is 9.99. The fourth-order valence-electron chi connectivity index (χ4n) is 3.87. The number of nitrogens with zero attached hydrogens (tertiary/aromatic N) is 1. The zero-order valence-electron chi connectivity index (χ0n) is 18.4. The molecule has 0 aliphatic rings. The molecule has 0 radical (unpaired) electrons. The summed E-state index contributed by atoms with van der Waals surface area (Å²) >= 11 is 0. The maximum absolute atomic E-state index is 13.4. The van der Waals surface area contributed by atoms with Crippen LogP contribution in [0.1, 0.15) is 113 Å². The predicted molar refractivity (Wildman–Crippen MR) is 118 cm³/mol. The van der Waals surface area contributed by atoms with Crippen molar-refractivity contribution in [3.8, 4) is 0 Å². The largest absolute Gasteiger partial charge is 0.366 e. The van der Waals surface area contributed by atoms with E-state index in [1.165, 1.54) is 38.5 Å². The van der Waals surface area contributed by atoms with Crippen LogP contribution in [0.15, 0.2) is 24.3 Å². The highest BCUT2D eigenvalue weighted by molar-refractivity contribution is 6.06. The molecule has 0 saturated heterocycles. The third-order valence-electron chi connectivity index (χ3n) is 5.56. The Morgan fingerprint density at radius 2 is 1.29 bits per heavy atom. The molecule has 0 aliphatic heterocycles. The molecule has 2 N–H and O–H groups in total. The molecule has 158 valence electrons. The molecule has 0 heterocycles. The lowest BCUT2D eigenvalue weighted by molar-refractivity contribution is 0.0578. The summed E-state index contributed by atoms with van der Waals surface area (Å²) in [5.74, 6) is -0.615.